The number of nitrogens with zero attached hydrogens (tertiary/aromatic N) is 1. The van der Waals surface area contributed by atoms with Crippen molar-refractivity contribution < 1.29 is 9.00 Å². The molecule has 0 fully saturated rings. The number of carbonyl (C=O) groups is 1. The third kappa shape index (κ3) is 5.11. The van der Waals surface area contributed by atoms with E-state index in [0.29, 0.717) is 22.9 Å². The average molecular weight is 264 g/mol. The summed E-state index contributed by atoms with van der Waals surface area (Å²) in [5.41, 5.74) is 1.04. The van der Waals surface area contributed by atoms with E-state index in [4.69, 9.17) is 5.26 Å². The van der Waals surface area contributed by atoms with Gasteiger partial charge < -0.3 is 5.32 Å². The zero-order valence-corrected chi connectivity index (χ0v) is 11.3. The maximum Gasteiger partial charge on any atom is 0.236 e. The molecular weight excluding hydrogens is 248 g/mol. The number of hydrogen-bond acceptors (Lipinski definition) is 3. The topological polar surface area (TPSA) is 70.0 Å². The van der Waals surface area contributed by atoms with Crippen LogP contribution in [0.1, 0.15) is 19.4 Å². The molecule has 1 N–H and O–H groups in total. The molecule has 0 spiro atoms. The molecule has 0 saturated heterocycles. The lowest BCUT2D eigenvalue weighted by Crippen LogP contribution is -2.22. The highest BCUT2D eigenvalue weighted by Gasteiger charge is 2.10. The molecule has 1 amide bonds. The SMILES string of the molecule is CC(C)CS(=O)CC(=O)Nc1cccc(C#N)c1. The second-order valence-corrected chi connectivity index (χ2v) is 5.89. The zero-order valence-electron chi connectivity index (χ0n) is 10.5. The minimum atomic E-state index is -1.14. The Bertz CT molecular complexity index is 492. The molecule has 0 heterocycles. The van der Waals surface area contributed by atoms with Gasteiger partial charge in [-0.25, -0.2) is 0 Å². The van der Waals surface area contributed by atoms with Crippen LogP contribution in [-0.4, -0.2) is 21.6 Å². The normalized spacial score (nSPS) is 11.9. The number of benzene rings is 1. The van der Waals surface area contributed by atoms with Gasteiger partial charge in [0.2, 0.25) is 5.91 Å². The van der Waals surface area contributed by atoms with Gasteiger partial charge >= 0.3 is 0 Å². The van der Waals surface area contributed by atoms with Crippen molar-refractivity contribution in [2.75, 3.05) is 16.8 Å². The molecular formula is C13H16N2O2S. The standard InChI is InChI=1S/C13H16N2O2S/c1-10(2)8-18(17)9-13(16)15-12-5-3-4-11(6-12)7-14/h3-6,10H,8-9H2,1-2H3,(H,15,16). The molecule has 0 aliphatic rings. The lowest BCUT2D eigenvalue weighted by atomic mass is 10.2. The largest absolute Gasteiger partial charge is 0.325 e. The van der Waals surface area contributed by atoms with Crippen LogP contribution < -0.4 is 5.32 Å². The van der Waals surface area contributed by atoms with E-state index in [1.807, 2.05) is 19.9 Å². The fraction of sp³-hybridized carbons (Fsp3) is 0.385. The average Bonchev–Trinajstić information content (AvgIpc) is 2.27. The first-order valence-electron chi connectivity index (χ1n) is 5.66. The highest BCUT2D eigenvalue weighted by molar-refractivity contribution is 7.85. The Labute approximate surface area is 109 Å². The van der Waals surface area contributed by atoms with Crippen LogP contribution in [0.4, 0.5) is 5.69 Å². The smallest absolute Gasteiger partial charge is 0.236 e. The van der Waals surface area contributed by atoms with Crippen molar-refractivity contribution in [3.63, 3.8) is 0 Å². The Morgan fingerprint density at radius 2 is 2.22 bits per heavy atom. The summed E-state index contributed by atoms with van der Waals surface area (Å²) in [4.78, 5) is 11.6. The Hall–Kier alpha value is -1.67. The van der Waals surface area contributed by atoms with Crippen molar-refractivity contribution in [1.82, 2.24) is 0 Å². The molecule has 1 aromatic carbocycles. The van der Waals surface area contributed by atoms with Gasteiger partial charge in [-0.3, -0.25) is 9.00 Å². The fourth-order valence-electron chi connectivity index (χ4n) is 1.44. The molecule has 4 nitrogen and oxygen atoms in total. The number of nitrogens with one attached hydrogen (secondary N) is 1. The number of carbonyl (C=O) groups excluding carboxylic acids is 1. The second-order valence-electron chi connectivity index (χ2n) is 4.39. The summed E-state index contributed by atoms with van der Waals surface area (Å²) in [5.74, 6) is 0.533. The van der Waals surface area contributed by atoms with Gasteiger partial charge in [0.05, 0.1) is 11.6 Å². The summed E-state index contributed by atoms with van der Waals surface area (Å²) in [6, 6.07) is 8.63. The maximum absolute atomic E-state index is 11.6. The third-order valence-electron chi connectivity index (χ3n) is 2.09. The Morgan fingerprint density at radius 1 is 1.50 bits per heavy atom. The number of nitriles is 1. The molecule has 0 saturated carbocycles. The van der Waals surface area contributed by atoms with Crippen LogP contribution in [0.2, 0.25) is 0 Å². The highest BCUT2D eigenvalue weighted by atomic mass is 32.2. The van der Waals surface area contributed by atoms with E-state index in [0.717, 1.165) is 0 Å². The molecule has 1 rings (SSSR count). The van der Waals surface area contributed by atoms with Gasteiger partial charge in [0.1, 0.15) is 5.75 Å². The molecule has 0 bridgehead atoms. The van der Waals surface area contributed by atoms with Crippen LogP contribution in [0, 0.1) is 17.2 Å². The Morgan fingerprint density at radius 3 is 2.83 bits per heavy atom. The molecule has 0 aromatic heterocycles. The fourth-order valence-corrected chi connectivity index (χ4v) is 2.67. The van der Waals surface area contributed by atoms with Gasteiger partial charge in [-0.2, -0.15) is 5.26 Å². The number of hydrogen-bond donors (Lipinski definition) is 1. The summed E-state index contributed by atoms with van der Waals surface area (Å²) in [7, 11) is -1.14. The number of rotatable bonds is 5. The van der Waals surface area contributed by atoms with E-state index in [9.17, 15) is 9.00 Å². The molecule has 18 heavy (non-hydrogen) atoms. The second kappa shape index (κ2) is 6.92. The van der Waals surface area contributed by atoms with E-state index in [1.54, 1.807) is 24.3 Å². The Kier molecular flexibility index (Phi) is 5.53. The van der Waals surface area contributed by atoms with Crippen LogP contribution in [0.3, 0.4) is 0 Å². The van der Waals surface area contributed by atoms with Gasteiger partial charge in [-0.1, -0.05) is 19.9 Å². The first-order chi connectivity index (χ1) is 8.51. The van der Waals surface area contributed by atoms with Crippen LogP contribution >= 0.6 is 0 Å². The van der Waals surface area contributed by atoms with Gasteiger partial charge in [0.15, 0.2) is 0 Å². The van der Waals surface area contributed by atoms with Crippen LogP contribution in [0.25, 0.3) is 0 Å². The Balaban J connectivity index is 2.54. The van der Waals surface area contributed by atoms with Crippen molar-refractivity contribution in [1.29, 1.82) is 5.26 Å². The molecule has 0 aliphatic heterocycles. The predicted octanol–water partition coefficient (Wildman–Crippen LogP) is 1.90. The van der Waals surface area contributed by atoms with E-state index in [-0.39, 0.29) is 11.7 Å². The van der Waals surface area contributed by atoms with E-state index < -0.39 is 10.8 Å². The molecule has 0 aliphatic carbocycles. The molecule has 0 radical (unpaired) electrons. The minimum Gasteiger partial charge on any atom is -0.325 e. The van der Waals surface area contributed by atoms with Crippen LogP contribution in [0.5, 0.6) is 0 Å². The maximum atomic E-state index is 11.6. The summed E-state index contributed by atoms with van der Waals surface area (Å²) in [6.45, 7) is 3.93. The number of amides is 1. The molecule has 1 aromatic rings. The van der Waals surface area contributed by atoms with Crippen molar-refractivity contribution in [3.05, 3.63) is 29.8 Å². The summed E-state index contributed by atoms with van der Waals surface area (Å²) in [6.07, 6.45) is 0. The molecule has 1 unspecified atom stereocenters. The summed E-state index contributed by atoms with van der Waals surface area (Å²) < 4.78 is 11.6. The minimum absolute atomic E-state index is 0.00500. The first kappa shape index (κ1) is 14.4. The van der Waals surface area contributed by atoms with Crippen molar-refractivity contribution in [2.45, 2.75) is 13.8 Å². The zero-order chi connectivity index (χ0) is 13.5. The third-order valence-corrected chi connectivity index (χ3v) is 3.71. The van der Waals surface area contributed by atoms with Gasteiger partial charge in [-0.15, -0.1) is 0 Å². The van der Waals surface area contributed by atoms with Gasteiger partial charge in [0, 0.05) is 22.2 Å². The van der Waals surface area contributed by atoms with Crippen molar-refractivity contribution >= 4 is 22.4 Å². The lowest BCUT2D eigenvalue weighted by molar-refractivity contribution is -0.113. The number of anilines is 1. The van der Waals surface area contributed by atoms with E-state index in [1.165, 1.54) is 0 Å². The summed E-state index contributed by atoms with van der Waals surface area (Å²) in [5, 5.41) is 11.4. The van der Waals surface area contributed by atoms with Gasteiger partial charge in [0.25, 0.3) is 0 Å². The van der Waals surface area contributed by atoms with Gasteiger partial charge in [-0.05, 0) is 24.1 Å². The molecule has 96 valence electrons. The van der Waals surface area contributed by atoms with Crippen molar-refractivity contribution in [2.24, 2.45) is 5.92 Å². The van der Waals surface area contributed by atoms with Crippen LogP contribution in [-0.2, 0) is 15.6 Å². The quantitative estimate of drug-likeness (QED) is 0.883. The van der Waals surface area contributed by atoms with E-state index >= 15 is 0 Å². The van der Waals surface area contributed by atoms with Crippen molar-refractivity contribution in [3.8, 4) is 6.07 Å². The molecule has 5 heteroatoms. The van der Waals surface area contributed by atoms with E-state index in [2.05, 4.69) is 5.32 Å². The first-order valence-corrected chi connectivity index (χ1v) is 7.15. The van der Waals surface area contributed by atoms with Crippen LogP contribution in [0.15, 0.2) is 24.3 Å². The lowest BCUT2D eigenvalue weighted by Gasteiger charge is -2.07. The highest BCUT2D eigenvalue weighted by Crippen LogP contribution is 2.09. The summed E-state index contributed by atoms with van der Waals surface area (Å²) >= 11 is 0. The monoisotopic (exact) mass is 264 g/mol. The molecule has 1 atom stereocenters. The predicted molar refractivity (Wildman–Crippen MR) is 72.5 cm³/mol.